The van der Waals surface area contributed by atoms with Crippen LogP contribution in [0.5, 0.6) is 0 Å². The highest BCUT2D eigenvalue weighted by Gasteiger charge is 2.20. The summed E-state index contributed by atoms with van der Waals surface area (Å²) in [5.74, 6) is -0.538. The van der Waals surface area contributed by atoms with Crippen LogP contribution >= 0.6 is 11.3 Å². The summed E-state index contributed by atoms with van der Waals surface area (Å²) in [6.07, 6.45) is 0. The molecule has 0 unspecified atom stereocenters. The van der Waals surface area contributed by atoms with Crippen LogP contribution in [0.2, 0.25) is 0 Å². The highest BCUT2D eigenvalue weighted by atomic mass is 32.1. The van der Waals surface area contributed by atoms with Crippen molar-refractivity contribution in [1.29, 1.82) is 0 Å². The summed E-state index contributed by atoms with van der Waals surface area (Å²) in [6, 6.07) is 21.1. The van der Waals surface area contributed by atoms with Crippen LogP contribution in [0.3, 0.4) is 0 Å². The molecular weight excluding hydrogens is 422 g/mol. The summed E-state index contributed by atoms with van der Waals surface area (Å²) in [5.41, 5.74) is 4.64. The molecule has 0 aliphatic rings. The summed E-state index contributed by atoms with van der Waals surface area (Å²) in [5, 5.41) is 2.34. The molecule has 1 amide bonds. The number of hydrogen-bond acceptors (Lipinski definition) is 5. The third-order valence-corrected chi connectivity index (χ3v) is 5.95. The van der Waals surface area contributed by atoms with E-state index in [0.29, 0.717) is 16.4 Å². The van der Waals surface area contributed by atoms with E-state index in [9.17, 15) is 9.59 Å². The minimum atomic E-state index is -0.402. The molecule has 2 aromatic heterocycles. The van der Waals surface area contributed by atoms with Crippen LogP contribution in [-0.2, 0) is 16.1 Å². The number of benzene rings is 2. The second kappa shape index (κ2) is 9.20. The molecule has 162 valence electrons. The third kappa shape index (κ3) is 4.33. The predicted molar refractivity (Wildman–Crippen MR) is 126 cm³/mol. The molecule has 6 nitrogen and oxygen atoms in total. The van der Waals surface area contributed by atoms with Gasteiger partial charge in [0, 0.05) is 29.4 Å². The number of hydrogen-bond donors (Lipinski definition) is 0. The Hall–Kier alpha value is -3.71. The van der Waals surface area contributed by atoms with Gasteiger partial charge in [-0.25, -0.2) is 9.78 Å². The number of carbonyl (C=O) groups excluding carboxylic acids is 2. The summed E-state index contributed by atoms with van der Waals surface area (Å²) >= 11 is 1.33. The maximum atomic E-state index is 12.8. The van der Waals surface area contributed by atoms with Gasteiger partial charge >= 0.3 is 5.97 Å². The smallest absolute Gasteiger partial charge is 0.340 e. The lowest BCUT2D eigenvalue weighted by molar-refractivity contribution is -0.115. The number of nitrogens with zero attached hydrogens (tertiary/aromatic N) is 3. The van der Waals surface area contributed by atoms with Crippen LogP contribution in [-0.4, -0.2) is 21.4 Å². The Balaban J connectivity index is 1.49. The van der Waals surface area contributed by atoms with Crippen LogP contribution < -0.4 is 4.90 Å². The normalized spacial score (nSPS) is 10.7. The number of ether oxygens (including phenoxy) is 1. The number of thiazole rings is 1. The van der Waals surface area contributed by atoms with Crippen molar-refractivity contribution >= 4 is 34.0 Å². The van der Waals surface area contributed by atoms with E-state index in [1.54, 1.807) is 10.3 Å². The molecule has 4 aromatic rings. The Morgan fingerprint density at radius 1 is 1.03 bits per heavy atom. The standard InChI is InChI=1S/C25H23N3O3S/c1-17-14-23(18(2)27(17)21-10-6-4-7-11-21)24(30)31-15-20-16-32-25(26-20)28(19(3)29)22-12-8-5-9-13-22/h4-14,16H,15H2,1-3H3. The molecule has 0 atom stereocenters. The van der Waals surface area contributed by atoms with Gasteiger partial charge < -0.3 is 9.30 Å². The minimum Gasteiger partial charge on any atom is -0.455 e. The van der Waals surface area contributed by atoms with Gasteiger partial charge in [0.1, 0.15) is 6.61 Å². The van der Waals surface area contributed by atoms with E-state index in [4.69, 9.17) is 4.74 Å². The average molecular weight is 446 g/mol. The molecule has 0 radical (unpaired) electrons. The van der Waals surface area contributed by atoms with Gasteiger partial charge in [-0.1, -0.05) is 36.4 Å². The van der Waals surface area contributed by atoms with E-state index in [-0.39, 0.29) is 12.5 Å². The third-order valence-electron chi connectivity index (χ3n) is 5.08. The molecule has 0 saturated heterocycles. The molecule has 0 aliphatic carbocycles. The van der Waals surface area contributed by atoms with Crippen molar-refractivity contribution in [3.63, 3.8) is 0 Å². The van der Waals surface area contributed by atoms with E-state index in [1.807, 2.05) is 85.1 Å². The molecule has 7 heteroatoms. The first-order valence-corrected chi connectivity index (χ1v) is 11.1. The van der Waals surface area contributed by atoms with Crippen molar-refractivity contribution in [1.82, 2.24) is 9.55 Å². The number of aryl methyl sites for hydroxylation is 1. The molecule has 4 rings (SSSR count). The van der Waals surface area contributed by atoms with Crippen LogP contribution in [0.15, 0.2) is 72.1 Å². The molecule has 0 bridgehead atoms. The molecular formula is C25H23N3O3S. The number of para-hydroxylation sites is 2. The quantitative estimate of drug-likeness (QED) is 0.363. The van der Waals surface area contributed by atoms with Crippen LogP contribution in [0, 0.1) is 13.8 Å². The first kappa shape index (κ1) is 21.5. The first-order chi connectivity index (χ1) is 15.5. The molecule has 0 fully saturated rings. The number of anilines is 2. The van der Waals surface area contributed by atoms with Gasteiger partial charge in [-0.05, 0) is 44.2 Å². The average Bonchev–Trinajstić information content (AvgIpc) is 3.37. The van der Waals surface area contributed by atoms with Crippen molar-refractivity contribution in [3.05, 3.63) is 94.8 Å². The summed E-state index contributed by atoms with van der Waals surface area (Å²) in [7, 11) is 0. The molecule has 0 N–H and O–H groups in total. The Morgan fingerprint density at radius 2 is 1.69 bits per heavy atom. The first-order valence-electron chi connectivity index (χ1n) is 10.2. The van der Waals surface area contributed by atoms with Gasteiger partial charge in [-0.15, -0.1) is 11.3 Å². The molecule has 2 heterocycles. The van der Waals surface area contributed by atoms with Gasteiger partial charge in [0.2, 0.25) is 5.91 Å². The van der Waals surface area contributed by atoms with E-state index < -0.39 is 5.97 Å². The Morgan fingerprint density at radius 3 is 2.34 bits per heavy atom. The topological polar surface area (TPSA) is 64.4 Å². The fourth-order valence-electron chi connectivity index (χ4n) is 3.63. The van der Waals surface area contributed by atoms with E-state index in [1.165, 1.54) is 18.3 Å². The van der Waals surface area contributed by atoms with Gasteiger partial charge in [-0.2, -0.15) is 0 Å². The lowest BCUT2D eigenvalue weighted by Gasteiger charge is -2.17. The summed E-state index contributed by atoms with van der Waals surface area (Å²) < 4.78 is 7.58. The summed E-state index contributed by atoms with van der Waals surface area (Å²) in [4.78, 5) is 31.0. The zero-order valence-corrected chi connectivity index (χ0v) is 18.9. The Bertz CT molecular complexity index is 1250. The van der Waals surface area contributed by atoms with Crippen LogP contribution in [0.25, 0.3) is 5.69 Å². The summed E-state index contributed by atoms with van der Waals surface area (Å²) in [6.45, 7) is 5.40. The number of carbonyl (C=O) groups is 2. The number of esters is 1. The number of amides is 1. The monoisotopic (exact) mass is 445 g/mol. The van der Waals surface area contributed by atoms with Gasteiger partial charge in [0.05, 0.1) is 16.9 Å². The van der Waals surface area contributed by atoms with Crippen molar-refractivity contribution in [2.24, 2.45) is 0 Å². The van der Waals surface area contributed by atoms with E-state index in [2.05, 4.69) is 4.98 Å². The Kier molecular flexibility index (Phi) is 6.18. The molecule has 0 spiro atoms. The van der Waals surface area contributed by atoms with E-state index in [0.717, 1.165) is 22.8 Å². The molecule has 0 aliphatic heterocycles. The van der Waals surface area contributed by atoms with Crippen molar-refractivity contribution in [3.8, 4) is 5.69 Å². The molecule has 2 aromatic carbocycles. The zero-order chi connectivity index (χ0) is 22.7. The van der Waals surface area contributed by atoms with Gasteiger partial charge in [0.25, 0.3) is 0 Å². The zero-order valence-electron chi connectivity index (χ0n) is 18.1. The largest absolute Gasteiger partial charge is 0.455 e. The predicted octanol–water partition coefficient (Wildman–Crippen LogP) is 5.59. The lowest BCUT2D eigenvalue weighted by Crippen LogP contribution is -2.22. The highest BCUT2D eigenvalue weighted by Crippen LogP contribution is 2.29. The lowest BCUT2D eigenvalue weighted by atomic mass is 10.2. The number of aromatic nitrogens is 2. The molecule has 0 saturated carbocycles. The fourth-order valence-corrected chi connectivity index (χ4v) is 4.50. The van der Waals surface area contributed by atoms with Gasteiger partial charge in [-0.3, -0.25) is 9.69 Å². The Labute approximate surface area is 190 Å². The second-order valence-electron chi connectivity index (χ2n) is 7.34. The van der Waals surface area contributed by atoms with Crippen LogP contribution in [0.4, 0.5) is 10.8 Å². The number of rotatable bonds is 6. The second-order valence-corrected chi connectivity index (χ2v) is 8.18. The maximum absolute atomic E-state index is 12.8. The highest BCUT2D eigenvalue weighted by molar-refractivity contribution is 7.14. The fraction of sp³-hybridized carbons (Fsp3) is 0.160. The maximum Gasteiger partial charge on any atom is 0.340 e. The van der Waals surface area contributed by atoms with Crippen molar-refractivity contribution < 1.29 is 14.3 Å². The minimum absolute atomic E-state index is 0.0326. The van der Waals surface area contributed by atoms with Crippen molar-refractivity contribution in [2.45, 2.75) is 27.4 Å². The SMILES string of the molecule is CC(=O)N(c1ccccc1)c1nc(COC(=O)c2cc(C)n(-c3ccccc3)c2C)cs1. The van der Waals surface area contributed by atoms with Gasteiger partial charge in [0.15, 0.2) is 5.13 Å². The molecule has 32 heavy (non-hydrogen) atoms. The van der Waals surface area contributed by atoms with Crippen molar-refractivity contribution in [2.75, 3.05) is 4.90 Å². The van der Waals surface area contributed by atoms with E-state index >= 15 is 0 Å². The van der Waals surface area contributed by atoms with Crippen LogP contribution in [0.1, 0.15) is 34.4 Å².